The summed E-state index contributed by atoms with van der Waals surface area (Å²) in [5, 5.41) is 7.02. The van der Waals surface area contributed by atoms with E-state index < -0.39 is 0 Å². The van der Waals surface area contributed by atoms with Gasteiger partial charge in [-0.15, -0.1) is 0 Å². The number of carbonyl (C=O) groups is 1. The van der Waals surface area contributed by atoms with Gasteiger partial charge in [0.1, 0.15) is 5.82 Å². The van der Waals surface area contributed by atoms with Gasteiger partial charge in [0.25, 0.3) is 5.91 Å². The monoisotopic (exact) mass is 283 g/mol. The van der Waals surface area contributed by atoms with E-state index in [2.05, 4.69) is 10.4 Å². The molecule has 0 aliphatic heterocycles. The molecule has 0 atom stereocenters. The SMILES string of the molecule is O=C(NCCc1ccc(F)cc1)c1cc2ccccn2n1. The van der Waals surface area contributed by atoms with Crippen molar-refractivity contribution in [2.75, 3.05) is 6.54 Å². The third kappa shape index (κ3) is 3.08. The van der Waals surface area contributed by atoms with Gasteiger partial charge in [-0.25, -0.2) is 8.91 Å². The van der Waals surface area contributed by atoms with Crippen molar-refractivity contribution in [1.82, 2.24) is 14.9 Å². The smallest absolute Gasteiger partial charge is 0.271 e. The standard InChI is InChI=1S/C16H14FN3O/c17-13-6-4-12(5-7-13)8-9-18-16(21)15-11-14-3-1-2-10-20(14)19-15/h1-7,10-11H,8-9H2,(H,18,21). The van der Waals surface area contributed by atoms with Crippen molar-refractivity contribution in [3.63, 3.8) is 0 Å². The number of nitrogens with one attached hydrogen (secondary N) is 1. The molecule has 3 rings (SSSR count). The topological polar surface area (TPSA) is 46.4 Å². The minimum absolute atomic E-state index is 0.208. The molecular formula is C16H14FN3O. The number of rotatable bonds is 4. The molecule has 0 saturated heterocycles. The van der Waals surface area contributed by atoms with Crippen LogP contribution in [0.15, 0.2) is 54.7 Å². The fraction of sp³-hybridized carbons (Fsp3) is 0.125. The Morgan fingerprint density at radius 1 is 1.19 bits per heavy atom. The van der Waals surface area contributed by atoms with E-state index in [9.17, 15) is 9.18 Å². The fourth-order valence-electron chi connectivity index (χ4n) is 2.11. The van der Waals surface area contributed by atoms with Crippen LogP contribution in [0.4, 0.5) is 4.39 Å². The van der Waals surface area contributed by atoms with Crippen LogP contribution in [0.25, 0.3) is 5.52 Å². The molecule has 0 saturated carbocycles. The number of nitrogens with zero attached hydrogens (tertiary/aromatic N) is 2. The minimum atomic E-state index is -0.257. The molecule has 4 nitrogen and oxygen atoms in total. The van der Waals surface area contributed by atoms with Crippen LogP contribution in [-0.2, 0) is 6.42 Å². The second-order valence-electron chi connectivity index (χ2n) is 4.73. The lowest BCUT2D eigenvalue weighted by Crippen LogP contribution is -2.26. The van der Waals surface area contributed by atoms with Crippen LogP contribution in [-0.4, -0.2) is 22.1 Å². The number of hydrogen-bond acceptors (Lipinski definition) is 2. The largest absolute Gasteiger partial charge is 0.350 e. The lowest BCUT2D eigenvalue weighted by molar-refractivity contribution is 0.0949. The molecule has 3 aromatic rings. The maximum atomic E-state index is 12.8. The maximum Gasteiger partial charge on any atom is 0.271 e. The zero-order chi connectivity index (χ0) is 14.7. The van der Waals surface area contributed by atoms with E-state index in [1.165, 1.54) is 12.1 Å². The first-order valence-corrected chi connectivity index (χ1v) is 6.69. The van der Waals surface area contributed by atoms with E-state index in [0.29, 0.717) is 18.7 Å². The summed E-state index contributed by atoms with van der Waals surface area (Å²) in [6, 6.07) is 13.6. The first kappa shape index (κ1) is 13.3. The molecule has 0 aliphatic carbocycles. The molecule has 0 radical (unpaired) electrons. The van der Waals surface area contributed by atoms with Crippen LogP contribution in [0.1, 0.15) is 16.1 Å². The van der Waals surface area contributed by atoms with Crippen molar-refractivity contribution in [3.8, 4) is 0 Å². The van der Waals surface area contributed by atoms with Crippen LogP contribution in [0.3, 0.4) is 0 Å². The average molecular weight is 283 g/mol. The number of pyridine rings is 1. The van der Waals surface area contributed by atoms with E-state index in [1.807, 2.05) is 18.2 Å². The van der Waals surface area contributed by atoms with E-state index in [1.54, 1.807) is 28.9 Å². The number of carbonyl (C=O) groups excluding carboxylic acids is 1. The summed E-state index contributed by atoms with van der Waals surface area (Å²) < 4.78 is 14.4. The highest BCUT2D eigenvalue weighted by Crippen LogP contribution is 2.06. The van der Waals surface area contributed by atoms with Crippen molar-refractivity contribution in [2.45, 2.75) is 6.42 Å². The zero-order valence-corrected chi connectivity index (χ0v) is 11.3. The maximum absolute atomic E-state index is 12.8. The van der Waals surface area contributed by atoms with Gasteiger partial charge in [-0.2, -0.15) is 5.10 Å². The highest BCUT2D eigenvalue weighted by Gasteiger charge is 2.09. The Hall–Kier alpha value is -2.69. The Morgan fingerprint density at radius 2 is 2.00 bits per heavy atom. The van der Waals surface area contributed by atoms with Gasteiger partial charge in [-0.05, 0) is 42.3 Å². The normalized spacial score (nSPS) is 10.7. The van der Waals surface area contributed by atoms with Crippen LogP contribution < -0.4 is 5.32 Å². The van der Waals surface area contributed by atoms with Gasteiger partial charge >= 0.3 is 0 Å². The summed E-state index contributed by atoms with van der Waals surface area (Å²) in [5.41, 5.74) is 2.24. The second kappa shape index (κ2) is 5.75. The lowest BCUT2D eigenvalue weighted by atomic mass is 10.1. The molecule has 21 heavy (non-hydrogen) atoms. The first-order valence-electron chi connectivity index (χ1n) is 6.69. The number of benzene rings is 1. The van der Waals surface area contributed by atoms with Gasteiger partial charge < -0.3 is 5.32 Å². The fourth-order valence-corrected chi connectivity index (χ4v) is 2.11. The molecule has 106 valence electrons. The Kier molecular flexibility index (Phi) is 3.64. The molecule has 1 amide bonds. The van der Waals surface area contributed by atoms with Gasteiger partial charge in [0.15, 0.2) is 5.69 Å². The summed E-state index contributed by atoms with van der Waals surface area (Å²) in [4.78, 5) is 12.0. The quantitative estimate of drug-likeness (QED) is 0.799. The number of fused-ring (bicyclic) bond motifs is 1. The molecule has 0 aliphatic rings. The van der Waals surface area contributed by atoms with Crippen LogP contribution >= 0.6 is 0 Å². The molecule has 2 heterocycles. The molecule has 1 N–H and O–H groups in total. The van der Waals surface area contributed by atoms with E-state index in [4.69, 9.17) is 0 Å². The van der Waals surface area contributed by atoms with Gasteiger partial charge in [0.05, 0.1) is 5.52 Å². The Balaban J connectivity index is 1.60. The summed E-state index contributed by atoms with van der Waals surface area (Å²) in [7, 11) is 0. The molecule has 0 unspecified atom stereocenters. The predicted octanol–water partition coefficient (Wildman–Crippen LogP) is 2.45. The molecule has 0 spiro atoms. The molecule has 0 fully saturated rings. The van der Waals surface area contributed by atoms with Crippen molar-refractivity contribution in [3.05, 3.63) is 71.8 Å². The highest BCUT2D eigenvalue weighted by atomic mass is 19.1. The third-order valence-electron chi connectivity index (χ3n) is 3.22. The van der Waals surface area contributed by atoms with Crippen LogP contribution in [0.5, 0.6) is 0 Å². The molecular weight excluding hydrogens is 269 g/mol. The van der Waals surface area contributed by atoms with Gasteiger partial charge in [-0.3, -0.25) is 4.79 Å². The highest BCUT2D eigenvalue weighted by molar-refractivity contribution is 5.93. The van der Waals surface area contributed by atoms with Gasteiger partial charge in [0, 0.05) is 12.7 Å². The second-order valence-corrected chi connectivity index (χ2v) is 4.73. The van der Waals surface area contributed by atoms with E-state index in [0.717, 1.165) is 11.1 Å². The summed E-state index contributed by atoms with van der Waals surface area (Å²) in [6.45, 7) is 0.484. The summed E-state index contributed by atoms with van der Waals surface area (Å²) >= 11 is 0. The Bertz CT molecular complexity index is 732. The van der Waals surface area contributed by atoms with Crippen molar-refractivity contribution < 1.29 is 9.18 Å². The number of halogens is 1. The van der Waals surface area contributed by atoms with Crippen molar-refractivity contribution in [1.29, 1.82) is 0 Å². The molecule has 0 bridgehead atoms. The lowest BCUT2D eigenvalue weighted by Gasteiger charge is -2.03. The van der Waals surface area contributed by atoms with Gasteiger partial charge in [-0.1, -0.05) is 18.2 Å². The van der Waals surface area contributed by atoms with Crippen molar-refractivity contribution >= 4 is 11.4 Å². The Labute approximate surface area is 121 Å². The van der Waals surface area contributed by atoms with E-state index in [-0.39, 0.29) is 11.7 Å². The third-order valence-corrected chi connectivity index (χ3v) is 3.22. The number of hydrogen-bond donors (Lipinski definition) is 1. The van der Waals surface area contributed by atoms with Crippen molar-refractivity contribution in [2.24, 2.45) is 0 Å². The minimum Gasteiger partial charge on any atom is -0.350 e. The van der Waals surface area contributed by atoms with Crippen LogP contribution in [0.2, 0.25) is 0 Å². The Morgan fingerprint density at radius 3 is 2.76 bits per heavy atom. The zero-order valence-electron chi connectivity index (χ0n) is 11.3. The first-order chi connectivity index (χ1) is 10.2. The summed E-state index contributed by atoms with van der Waals surface area (Å²) in [5.74, 6) is -0.465. The van der Waals surface area contributed by atoms with Gasteiger partial charge in [0.2, 0.25) is 0 Å². The van der Waals surface area contributed by atoms with Crippen LogP contribution in [0, 0.1) is 5.82 Å². The molecule has 2 aromatic heterocycles. The predicted molar refractivity (Wildman–Crippen MR) is 77.6 cm³/mol. The number of aromatic nitrogens is 2. The molecule has 5 heteroatoms. The van der Waals surface area contributed by atoms with E-state index >= 15 is 0 Å². The summed E-state index contributed by atoms with van der Waals surface area (Å²) in [6.07, 6.45) is 2.45. The number of amides is 1. The molecule has 1 aromatic carbocycles. The average Bonchev–Trinajstić information content (AvgIpc) is 2.93.